The Morgan fingerprint density at radius 2 is 2.15 bits per heavy atom. The molecule has 1 N–H and O–H groups in total. The zero-order chi connectivity index (χ0) is 14.4. The van der Waals surface area contributed by atoms with Crippen molar-refractivity contribution in [3.05, 3.63) is 48.4 Å². The summed E-state index contributed by atoms with van der Waals surface area (Å²) in [6.07, 6.45) is 2.61. The van der Waals surface area contributed by atoms with E-state index in [1.807, 2.05) is 0 Å². The number of carbonyl (C=O) groups is 2. The second kappa shape index (κ2) is 6.42. The predicted octanol–water partition coefficient (Wildman–Crippen LogP) is 2.08. The second-order valence-corrected chi connectivity index (χ2v) is 3.87. The summed E-state index contributed by atoms with van der Waals surface area (Å²) < 4.78 is 14.6. The van der Waals surface area contributed by atoms with Crippen LogP contribution in [0.4, 0.5) is 5.69 Å². The highest BCUT2D eigenvalue weighted by Crippen LogP contribution is 2.16. The number of amides is 1. The minimum Gasteiger partial charge on any atom is -0.497 e. The maximum absolute atomic E-state index is 11.6. The molecule has 0 atom stereocenters. The number of furan rings is 1. The van der Waals surface area contributed by atoms with E-state index in [1.165, 1.54) is 25.7 Å². The highest BCUT2D eigenvalue weighted by atomic mass is 16.5. The Morgan fingerprint density at radius 1 is 1.30 bits per heavy atom. The second-order valence-electron chi connectivity index (χ2n) is 3.87. The molecule has 0 aliphatic heterocycles. The van der Waals surface area contributed by atoms with Gasteiger partial charge in [0, 0.05) is 11.8 Å². The molecule has 1 heterocycles. The smallest absolute Gasteiger partial charge is 0.341 e. The van der Waals surface area contributed by atoms with E-state index in [9.17, 15) is 9.59 Å². The number of hydrogen-bond acceptors (Lipinski definition) is 5. The molecule has 2 rings (SSSR count). The molecule has 0 aliphatic carbocycles. The third-order valence-corrected chi connectivity index (χ3v) is 2.44. The molecule has 6 heteroatoms. The zero-order valence-electron chi connectivity index (χ0n) is 10.8. The van der Waals surface area contributed by atoms with Crippen LogP contribution in [0.1, 0.15) is 10.4 Å². The van der Waals surface area contributed by atoms with Gasteiger partial charge in [0.1, 0.15) is 12.0 Å². The highest BCUT2D eigenvalue weighted by molar-refractivity contribution is 5.95. The average molecular weight is 275 g/mol. The van der Waals surface area contributed by atoms with Crippen LogP contribution in [0.2, 0.25) is 0 Å². The molecule has 1 aromatic heterocycles. The molecule has 0 bridgehead atoms. The van der Waals surface area contributed by atoms with Crippen molar-refractivity contribution < 1.29 is 23.5 Å². The molecule has 0 spiro atoms. The van der Waals surface area contributed by atoms with E-state index in [0.29, 0.717) is 11.4 Å². The number of rotatable bonds is 5. The summed E-state index contributed by atoms with van der Waals surface area (Å²) >= 11 is 0. The van der Waals surface area contributed by atoms with Crippen LogP contribution < -0.4 is 10.1 Å². The molecule has 1 aromatic carbocycles. The number of esters is 1. The fourth-order valence-corrected chi connectivity index (χ4v) is 1.49. The molecular formula is C14H13NO5. The molecule has 0 saturated carbocycles. The topological polar surface area (TPSA) is 77.8 Å². The summed E-state index contributed by atoms with van der Waals surface area (Å²) in [7, 11) is 1.54. The first-order chi connectivity index (χ1) is 9.69. The lowest BCUT2D eigenvalue weighted by Gasteiger charge is -2.07. The van der Waals surface area contributed by atoms with Gasteiger partial charge in [0.15, 0.2) is 6.61 Å². The number of benzene rings is 1. The Labute approximate surface area is 115 Å². The summed E-state index contributed by atoms with van der Waals surface area (Å²) in [5.41, 5.74) is 0.827. The van der Waals surface area contributed by atoms with Crippen LogP contribution >= 0.6 is 0 Å². The monoisotopic (exact) mass is 275 g/mol. The number of methoxy groups -OCH3 is 1. The number of nitrogens with one attached hydrogen (secondary N) is 1. The molecule has 1 amide bonds. The van der Waals surface area contributed by atoms with Crippen molar-refractivity contribution >= 4 is 17.6 Å². The molecular weight excluding hydrogens is 262 g/mol. The SMILES string of the molecule is COc1cccc(NC(=O)COC(=O)c2ccoc2)c1. The molecule has 0 aliphatic rings. The Morgan fingerprint density at radius 3 is 2.85 bits per heavy atom. The Kier molecular flexibility index (Phi) is 4.39. The summed E-state index contributed by atoms with van der Waals surface area (Å²) in [6, 6.07) is 8.33. The van der Waals surface area contributed by atoms with Crippen molar-refractivity contribution in [3.63, 3.8) is 0 Å². The Hall–Kier alpha value is -2.76. The maximum atomic E-state index is 11.6. The Balaban J connectivity index is 1.85. The first-order valence-corrected chi connectivity index (χ1v) is 5.82. The quantitative estimate of drug-likeness (QED) is 0.845. The van der Waals surface area contributed by atoms with Gasteiger partial charge in [-0.05, 0) is 18.2 Å². The van der Waals surface area contributed by atoms with Gasteiger partial charge in [0.05, 0.1) is 18.9 Å². The summed E-state index contributed by atoms with van der Waals surface area (Å²) in [4.78, 5) is 23.1. The Bertz CT molecular complexity index is 591. The molecule has 0 fully saturated rings. The first kappa shape index (κ1) is 13.7. The van der Waals surface area contributed by atoms with Crippen LogP contribution in [0.3, 0.4) is 0 Å². The van der Waals surface area contributed by atoms with E-state index in [2.05, 4.69) is 5.32 Å². The lowest BCUT2D eigenvalue weighted by atomic mass is 10.3. The zero-order valence-corrected chi connectivity index (χ0v) is 10.8. The normalized spacial score (nSPS) is 9.85. The van der Waals surface area contributed by atoms with Crippen molar-refractivity contribution in [1.82, 2.24) is 0 Å². The van der Waals surface area contributed by atoms with E-state index in [4.69, 9.17) is 13.9 Å². The third kappa shape index (κ3) is 3.61. The van der Waals surface area contributed by atoms with Gasteiger partial charge in [-0.15, -0.1) is 0 Å². The van der Waals surface area contributed by atoms with E-state index < -0.39 is 11.9 Å². The summed E-state index contributed by atoms with van der Waals surface area (Å²) in [6.45, 7) is -0.374. The van der Waals surface area contributed by atoms with Gasteiger partial charge < -0.3 is 19.2 Å². The van der Waals surface area contributed by atoms with Gasteiger partial charge in [-0.2, -0.15) is 0 Å². The largest absolute Gasteiger partial charge is 0.497 e. The van der Waals surface area contributed by atoms with Crippen LogP contribution in [0.15, 0.2) is 47.3 Å². The number of ether oxygens (including phenoxy) is 2. The maximum Gasteiger partial charge on any atom is 0.341 e. The van der Waals surface area contributed by atoms with E-state index >= 15 is 0 Å². The minimum atomic E-state index is -0.612. The van der Waals surface area contributed by atoms with Crippen LogP contribution in [0.25, 0.3) is 0 Å². The summed E-state index contributed by atoms with van der Waals surface area (Å²) in [5.74, 6) is -0.423. The van der Waals surface area contributed by atoms with Gasteiger partial charge in [-0.3, -0.25) is 4.79 Å². The predicted molar refractivity (Wildman–Crippen MR) is 70.6 cm³/mol. The van der Waals surface area contributed by atoms with E-state index in [0.717, 1.165) is 0 Å². The van der Waals surface area contributed by atoms with E-state index in [1.54, 1.807) is 24.3 Å². The highest BCUT2D eigenvalue weighted by Gasteiger charge is 2.11. The fourth-order valence-electron chi connectivity index (χ4n) is 1.49. The molecule has 20 heavy (non-hydrogen) atoms. The van der Waals surface area contributed by atoms with Gasteiger partial charge in [0.25, 0.3) is 5.91 Å². The van der Waals surface area contributed by atoms with Gasteiger partial charge >= 0.3 is 5.97 Å². The van der Waals surface area contributed by atoms with Gasteiger partial charge in [-0.25, -0.2) is 4.79 Å². The number of hydrogen-bond donors (Lipinski definition) is 1. The van der Waals surface area contributed by atoms with E-state index in [-0.39, 0.29) is 12.2 Å². The minimum absolute atomic E-state index is 0.263. The van der Waals surface area contributed by atoms with Gasteiger partial charge in [-0.1, -0.05) is 6.07 Å². The van der Waals surface area contributed by atoms with Crippen LogP contribution in [-0.2, 0) is 9.53 Å². The molecule has 0 unspecified atom stereocenters. The van der Waals surface area contributed by atoms with Crippen molar-refractivity contribution in [3.8, 4) is 5.75 Å². The molecule has 0 radical (unpaired) electrons. The standard InChI is InChI=1S/C14H13NO5/c1-18-12-4-2-3-11(7-12)15-13(16)9-20-14(17)10-5-6-19-8-10/h2-8H,9H2,1H3,(H,15,16). The van der Waals surface area contributed by atoms with Gasteiger partial charge in [0.2, 0.25) is 0 Å². The van der Waals surface area contributed by atoms with Crippen molar-refractivity contribution in [2.45, 2.75) is 0 Å². The molecule has 6 nitrogen and oxygen atoms in total. The first-order valence-electron chi connectivity index (χ1n) is 5.82. The summed E-state index contributed by atoms with van der Waals surface area (Å²) in [5, 5.41) is 2.60. The number of carbonyl (C=O) groups excluding carboxylic acids is 2. The van der Waals surface area contributed by atoms with Crippen molar-refractivity contribution in [2.24, 2.45) is 0 Å². The lowest BCUT2D eigenvalue weighted by Crippen LogP contribution is -2.20. The third-order valence-electron chi connectivity index (χ3n) is 2.44. The van der Waals surface area contributed by atoms with Crippen LogP contribution in [-0.4, -0.2) is 25.6 Å². The van der Waals surface area contributed by atoms with Crippen LogP contribution in [0, 0.1) is 0 Å². The fraction of sp³-hybridized carbons (Fsp3) is 0.143. The lowest BCUT2D eigenvalue weighted by molar-refractivity contribution is -0.119. The molecule has 2 aromatic rings. The average Bonchev–Trinajstić information content (AvgIpc) is 2.99. The molecule has 104 valence electrons. The van der Waals surface area contributed by atoms with Crippen molar-refractivity contribution in [1.29, 1.82) is 0 Å². The van der Waals surface area contributed by atoms with Crippen molar-refractivity contribution in [2.75, 3.05) is 19.0 Å². The molecule has 0 saturated heterocycles. The van der Waals surface area contributed by atoms with Crippen LogP contribution in [0.5, 0.6) is 5.75 Å². The number of anilines is 1.